The van der Waals surface area contributed by atoms with E-state index in [0.717, 1.165) is 29.2 Å². The molecule has 0 aromatic carbocycles. The molecular weight excluding hydrogens is 230 g/mol. The molecule has 98 valence electrons. The molecule has 0 aliphatic rings. The average Bonchev–Trinajstić information content (AvgIpc) is 2.82. The Kier molecular flexibility index (Phi) is 3.38. The van der Waals surface area contributed by atoms with Gasteiger partial charge < -0.3 is 10.0 Å². The number of aryl methyl sites for hydroxylation is 3. The molecule has 0 bridgehead atoms. The van der Waals surface area contributed by atoms with Crippen molar-refractivity contribution in [3.05, 3.63) is 29.2 Å². The molecular formula is C12H19N5O. The van der Waals surface area contributed by atoms with Crippen molar-refractivity contribution < 1.29 is 5.11 Å². The van der Waals surface area contributed by atoms with Gasteiger partial charge in [-0.1, -0.05) is 0 Å². The van der Waals surface area contributed by atoms with E-state index in [-0.39, 0.29) is 6.61 Å². The van der Waals surface area contributed by atoms with Crippen LogP contribution in [0.3, 0.4) is 0 Å². The topological polar surface area (TPSA) is 59.1 Å². The third-order valence-electron chi connectivity index (χ3n) is 3.01. The number of anilines is 1. The Balaban J connectivity index is 2.25. The van der Waals surface area contributed by atoms with Crippen LogP contribution in [0.2, 0.25) is 0 Å². The molecule has 0 saturated heterocycles. The molecule has 2 aromatic heterocycles. The first-order valence-corrected chi connectivity index (χ1v) is 5.85. The minimum atomic E-state index is 0.00634. The first kappa shape index (κ1) is 12.6. The van der Waals surface area contributed by atoms with Gasteiger partial charge in [0, 0.05) is 45.0 Å². The SMILES string of the molecule is Cc1nn(C)c(N(C)Cc2cnn(C)c2)c1CO. The highest BCUT2D eigenvalue weighted by Gasteiger charge is 2.16. The van der Waals surface area contributed by atoms with Gasteiger partial charge in [-0.15, -0.1) is 0 Å². The molecule has 2 aromatic rings. The van der Waals surface area contributed by atoms with Gasteiger partial charge in [0.2, 0.25) is 0 Å². The van der Waals surface area contributed by atoms with Crippen LogP contribution >= 0.6 is 0 Å². The molecule has 0 saturated carbocycles. The van der Waals surface area contributed by atoms with Crippen molar-refractivity contribution in [1.29, 1.82) is 0 Å². The molecule has 0 unspecified atom stereocenters. The van der Waals surface area contributed by atoms with Gasteiger partial charge >= 0.3 is 0 Å². The van der Waals surface area contributed by atoms with Crippen LogP contribution in [0.4, 0.5) is 5.82 Å². The van der Waals surface area contributed by atoms with Gasteiger partial charge in [0.05, 0.1) is 18.5 Å². The molecule has 0 aliphatic heterocycles. The van der Waals surface area contributed by atoms with Crippen LogP contribution in [0.15, 0.2) is 12.4 Å². The molecule has 18 heavy (non-hydrogen) atoms. The van der Waals surface area contributed by atoms with Gasteiger partial charge in [-0.2, -0.15) is 10.2 Å². The van der Waals surface area contributed by atoms with E-state index in [0.29, 0.717) is 0 Å². The van der Waals surface area contributed by atoms with Crippen LogP contribution in [0, 0.1) is 6.92 Å². The smallest absolute Gasteiger partial charge is 0.132 e. The summed E-state index contributed by atoms with van der Waals surface area (Å²) in [5, 5.41) is 17.9. The van der Waals surface area contributed by atoms with Gasteiger partial charge in [-0.25, -0.2) is 0 Å². The molecule has 6 nitrogen and oxygen atoms in total. The van der Waals surface area contributed by atoms with Crippen LogP contribution < -0.4 is 4.90 Å². The molecule has 0 aliphatic carbocycles. The maximum atomic E-state index is 9.44. The third-order valence-corrected chi connectivity index (χ3v) is 3.01. The summed E-state index contributed by atoms with van der Waals surface area (Å²) in [4.78, 5) is 2.07. The zero-order chi connectivity index (χ0) is 13.3. The first-order chi connectivity index (χ1) is 8.52. The van der Waals surface area contributed by atoms with Gasteiger partial charge in [0.25, 0.3) is 0 Å². The number of aromatic nitrogens is 4. The third kappa shape index (κ3) is 2.24. The molecule has 0 amide bonds. The first-order valence-electron chi connectivity index (χ1n) is 5.85. The van der Waals surface area contributed by atoms with E-state index in [4.69, 9.17) is 0 Å². The van der Waals surface area contributed by atoms with Crippen LogP contribution in [-0.2, 0) is 27.2 Å². The minimum absolute atomic E-state index is 0.00634. The second-order valence-corrected chi connectivity index (χ2v) is 4.55. The van der Waals surface area contributed by atoms with Gasteiger partial charge in [-0.05, 0) is 6.92 Å². The van der Waals surface area contributed by atoms with Crippen molar-refractivity contribution >= 4 is 5.82 Å². The summed E-state index contributed by atoms with van der Waals surface area (Å²) in [6, 6.07) is 0. The van der Waals surface area contributed by atoms with Crippen molar-refractivity contribution in [1.82, 2.24) is 19.6 Å². The van der Waals surface area contributed by atoms with Crippen molar-refractivity contribution in [3.63, 3.8) is 0 Å². The lowest BCUT2D eigenvalue weighted by molar-refractivity contribution is 0.281. The Morgan fingerprint density at radius 2 is 2.11 bits per heavy atom. The van der Waals surface area contributed by atoms with Crippen LogP contribution in [-0.4, -0.2) is 31.7 Å². The summed E-state index contributed by atoms with van der Waals surface area (Å²) in [5.74, 6) is 0.943. The standard InChI is InChI=1S/C12H19N5O/c1-9-11(8-18)12(17(4)14-9)15(2)6-10-5-13-16(3)7-10/h5,7,18H,6,8H2,1-4H3. The summed E-state index contributed by atoms with van der Waals surface area (Å²) in [6.07, 6.45) is 3.83. The van der Waals surface area contributed by atoms with Crippen molar-refractivity contribution in [2.24, 2.45) is 14.1 Å². The number of aliphatic hydroxyl groups excluding tert-OH is 1. The van der Waals surface area contributed by atoms with Crippen LogP contribution in [0.1, 0.15) is 16.8 Å². The summed E-state index contributed by atoms with van der Waals surface area (Å²) in [7, 11) is 5.78. The lowest BCUT2D eigenvalue weighted by Gasteiger charge is -2.19. The highest BCUT2D eigenvalue weighted by Crippen LogP contribution is 2.23. The maximum Gasteiger partial charge on any atom is 0.132 e. The second kappa shape index (κ2) is 4.81. The van der Waals surface area contributed by atoms with Gasteiger partial charge in [0.1, 0.15) is 5.82 Å². The van der Waals surface area contributed by atoms with Crippen molar-refractivity contribution in [2.75, 3.05) is 11.9 Å². The highest BCUT2D eigenvalue weighted by atomic mass is 16.3. The van der Waals surface area contributed by atoms with E-state index in [1.807, 2.05) is 40.5 Å². The number of hydrogen-bond acceptors (Lipinski definition) is 4. The summed E-state index contributed by atoms with van der Waals surface area (Å²) >= 11 is 0. The monoisotopic (exact) mass is 249 g/mol. The number of aliphatic hydroxyl groups is 1. The highest BCUT2D eigenvalue weighted by molar-refractivity contribution is 5.49. The maximum absolute atomic E-state index is 9.44. The Morgan fingerprint density at radius 1 is 1.39 bits per heavy atom. The molecule has 2 heterocycles. The number of nitrogens with zero attached hydrogens (tertiary/aromatic N) is 5. The normalized spacial score (nSPS) is 10.9. The quantitative estimate of drug-likeness (QED) is 0.861. The summed E-state index contributed by atoms with van der Waals surface area (Å²) in [6.45, 7) is 2.65. The lowest BCUT2D eigenvalue weighted by Crippen LogP contribution is -2.20. The molecule has 2 rings (SSSR count). The Morgan fingerprint density at radius 3 is 2.67 bits per heavy atom. The van der Waals surface area contributed by atoms with E-state index in [2.05, 4.69) is 15.1 Å². The van der Waals surface area contributed by atoms with Crippen LogP contribution in [0.25, 0.3) is 0 Å². The zero-order valence-electron chi connectivity index (χ0n) is 11.3. The Bertz CT molecular complexity index is 543. The molecule has 6 heteroatoms. The molecule has 0 spiro atoms. The van der Waals surface area contributed by atoms with E-state index < -0.39 is 0 Å². The van der Waals surface area contributed by atoms with E-state index in [1.54, 1.807) is 9.36 Å². The largest absolute Gasteiger partial charge is 0.391 e. The van der Waals surface area contributed by atoms with E-state index in [9.17, 15) is 5.11 Å². The fraction of sp³-hybridized carbons (Fsp3) is 0.500. The molecule has 0 atom stereocenters. The predicted octanol–water partition coefficient (Wildman–Crippen LogP) is 0.591. The Labute approximate surface area is 106 Å². The Hall–Kier alpha value is -1.82. The average molecular weight is 249 g/mol. The van der Waals surface area contributed by atoms with E-state index in [1.165, 1.54) is 0 Å². The molecule has 0 fully saturated rings. The number of rotatable bonds is 4. The second-order valence-electron chi connectivity index (χ2n) is 4.55. The predicted molar refractivity (Wildman–Crippen MR) is 69.2 cm³/mol. The minimum Gasteiger partial charge on any atom is -0.391 e. The summed E-state index contributed by atoms with van der Waals surface area (Å²) < 4.78 is 3.59. The van der Waals surface area contributed by atoms with Crippen molar-refractivity contribution in [2.45, 2.75) is 20.1 Å². The summed E-state index contributed by atoms with van der Waals surface area (Å²) in [5.41, 5.74) is 2.87. The zero-order valence-corrected chi connectivity index (χ0v) is 11.3. The lowest BCUT2D eigenvalue weighted by atomic mass is 10.2. The van der Waals surface area contributed by atoms with Gasteiger partial charge in [-0.3, -0.25) is 9.36 Å². The van der Waals surface area contributed by atoms with Crippen molar-refractivity contribution in [3.8, 4) is 0 Å². The fourth-order valence-corrected chi connectivity index (χ4v) is 2.25. The van der Waals surface area contributed by atoms with E-state index >= 15 is 0 Å². The fourth-order valence-electron chi connectivity index (χ4n) is 2.25. The van der Waals surface area contributed by atoms with Crippen LogP contribution in [0.5, 0.6) is 0 Å². The molecule has 0 radical (unpaired) electrons. The molecule has 1 N–H and O–H groups in total. The number of hydrogen-bond donors (Lipinski definition) is 1. The van der Waals surface area contributed by atoms with Gasteiger partial charge in [0.15, 0.2) is 0 Å².